The van der Waals surface area contributed by atoms with Crippen LogP contribution in [-0.4, -0.2) is 23.5 Å². The largest absolute Gasteiger partial charge is 0.398 e. The maximum absolute atomic E-state index is 6.29. The molecule has 17 heavy (non-hydrogen) atoms. The SMILES string of the molecule is Cc1ccc2c(N)c3c(nc2c1)CCN(C)C3. The van der Waals surface area contributed by atoms with Gasteiger partial charge in [-0.05, 0) is 25.6 Å². The van der Waals surface area contributed by atoms with Crippen LogP contribution in [0.1, 0.15) is 16.8 Å². The molecule has 3 rings (SSSR count). The van der Waals surface area contributed by atoms with Crippen LogP contribution >= 0.6 is 0 Å². The Labute approximate surface area is 101 Å². The fraction of sp³-hybridized carbons (Fsp3) is 0.357. The number of aryl methyl sites for hydroxylation is 1. The van der Waals surface area contributed by atoms with Crippen LogP contribution in [0.3, 0.4) is 0 Å². The Balaban J connectivity index is 2.28. The van der Waals surface area contributed by atoms with Gasteiger partial charge in [0.2, 0.25) is 0 Å². The predicted molar refractivity (Wildman–Crippen MR) is 70.9 cm³/mol. The first kappa shape index (κ1) is 10.5. The topological polar surface area (TPSA) is 42.1 Å². The Morgan fingerprint density at radius 2 is 2.18 bits per heavy atom. The van der Waals surface area contributed by atoms with Crippen molar-refractivity contribution in [1.29, 1.82) is 0 Å². The highest BCUT2D eigenvalue weighted by atomic mass is 15.1. The van der Waals surface area contributed by atoms with E-state index in [2.05, 4.69) is 37.1 Å². The third kappa shape index (κ3) is 1.67. The number of pyridine rings is 1. The molecule has 1 aliphatic rings. The van der Waals surface area contributed by atoms with Gasteiger partial charge in [-0.3, -0.25) is 4.98 Å². The van der Waals surface area contributed by atoms with Crippen LogP contribution in [0.25, 0.3) is 10.9 Å². The van der Waals surface area contributed by atoms with E-state index in [-0.39, 0.29) is 0 Å². The predicted octanol–water partition coefficient (Wildman–Crippen LogP) is 2.11. The maximum atomic E-state index is 6.29. The summed E-state index contributed by atoms with van der Waals surface area (Å²) in [5.41, 5.74) is 11.9. The molecule has 0 saturated carbocycles. The molecule has 88 valence electrons. The molecule has 3 nitrogen and oxygen atoms in total. The van der Waals surface area contributed by atoms with E-state index >= 15 is 0 Å². The average molecular weight is 227 g/mol. The number of rotatable bonds is 0. The number of nitrogens with zero attached hydrogens (tertiary/aromatic N) is 2. The van der Waals surface area contributed by atoms with Gasteiger partial charge >= 0.3 is 0 Å². The van der Waals surface area contributed by atoms with Crippen molar-refractivity contribution >= 4 is 16.6 Å². The van der Waals surface area contributed by atoms with E-state index < -0.39 is 0 Å². The van der Waals surface area contributed by atoms with Crippen LogP contribution < -0.4 is 5.73 Å². The first-order valence-electron chi connectivity index (χ1n) is 6.01. The normalized spacial score (nSPS) is 16.1. The summed E-state index contributed by atoms with van der Waals surface area (Å²) in [6.07, 6.45) is 1.000. The second kappa shape index (κ2) is 3.70. The smallest absolute Gasteiger partial charge is 0.0728 e. The molecular weight excluding hydrogens is 210 g/mol. The van der Waals surface area contributed by atoms with Crippen LogP contribution in [0, 0.1) is 6.92 Å². The molecule has 0 spiro atoms. The van der Waals surface area contributed by atoms with Crippen LogP contribution in [0.5, 0.6) is 0 Å². The van der Waals surface area contributed by atoms with Gasteiger partial charge in [0.1, 0.15) is 0 Å². The summed E-state index contributed by atoms with van der Waals surface area (Å²) in [5.74, 6) is 0. The first-order valence-corrected chi connectivity index (χ1v) is 6.01. The van der Waals surface area contributed by atoms with Crippen molar-refractivity contribution in [2.45, 2.75) is 19.9 Å². The lowest BCUT2D eigenvalue weighted by Crippen LogP contribution is -2.28. The zero-order valence-electron chi connectivity index (χ0n) is 10.3. The number of anilines is 1. The molecule has 0 unspecified atom stereocenters. The summed E-state index contributed by atoms with van der Waals surface area (Å²) < 4.78 is 0. The molecule has 1 aliphatic heterocycles. The quantitative estimate of drug-likeness (QED) is 0.749. The number of nitrogens with two attached hydrogens (primary N) is 1. The lowest BCUT2D eigenvalue weighted by Gasteiger charge is -2.26. The highest BCUT2D eigenvalue weighted by molar-refractivity contribution is 5.92. The highest BCUT2D eigenvalue weighted by Crippen LogP contribution is 2.29. The van der Waals surface area contributed by atoms with Crippen LogP contribution in [0.15, 0.2) is 18.2 Å². The van der Waals surface area contributed by atoms with E-state index in [1.807, 2.05) is 0 Å². The van der Waals surface area contributed by atoms with E-state index in [9.17, 15) is 0 Å². The van der Waals surface area contributed by atoms with Crippen molar-refractivity contribution < 1.29 is 0 Å². The molecule has 0 amide bonds. The summed E-state index contributed by atoms with van der Waals surface area (Å²) in [6, 6.07) is 6.30. The van der Waals surface area contributed by atoms with Gasteiger partial charge in [0.25, 0.3) is 0 Å². The van der Waals surface area contributed by atoms with Crippen molar-refractivity contribution in [2.75, 3.05) is 19.3 Å². The third-order valence-electron chi connectivity index (χ3n) is 3.53. The van der Waals surface area contributed by atoms with E-state index in [0.717, 1.165) is 36.1 Å². The lowest BCUT2D eigenvalue weighted by atomic mass is 10.00. The average Bonchev–Trinajstić information content (AvgIpc) is 2.30. The molecule has 0 atom stereocenters. The van der Waals surface area contributed by atoms with E-state index in [0.29, 0.717) is 0 Å². The fourth-order valence-electron chi connectivity index (χ4n) is 2.52. The van der Waals surface area contributed by atoms with Crippen molar-refractivity contribution in [1.82, 2.24) is 9.88 Å². The number of hydrogen-bond donors (Lipinski definition) is 1. The van der Waals surface area contributed by atoms with Gasteiger partial charge in [-0.25, -0.2) is 0 Å². The van der Waals surface area contributed by atoms with Gasteiger partial charge in [0.15, 0.2) is 0 Å². The number of fused-ring (bicyclic) bond motifs is 2. The van der Waals surface area contributed by atoms with Gasteiger partial charge in [0, 0.05) is 41.8 Å². The number of aromatic nitrogens is 1. The van der Waals surface area contributed by atoms with Gasteiger partial charge in [-0.1, -0.05) is 12.1 Å². The standard InChI is InChI=1S/C14H17N3/c1-9-3-4-10-13(7-9)16-12-5-6-17(2)8-11(12)14(10)15/h3-4,7H,5-6,8H2,1-2H3,(H2,15,16). The minimum Gasteiger partial charge on any atom is -0.398 e. The van der Waals surface area contributed by atoms with Crippen molar-refractivity contribution in [3.63, 3.8) is 0 Å². The van der Waals surface area contributed by atoms with Gasteiger partial charge in [-0.15, -0.1) is 0 Å². The number of benzene rings is 1. The number of nitrogen functional groups attached to an aromatic ring is 1. The summed E-state index contributed by atoms with van der Waals surface area (Å²) in [6.45, 7) is 4.07. The maximum Gasteiger partial charge on any atom is 0.0728 e. The monoisotopic (exact) mass is 227 g/mol. The first-order chi connectivity index (χ1) is 8.15. The zero-order chi connectivity index (χ0) is 12.0. The Morgan fingerprint density at radius 3 is 3.00 bits per heavy atom. The van der Waals surface area contributed by atoms with E-state index in [1.54, 1.807) is 0 Å². The van der Waals surface area contributed by atoms with Crippen LogP contribution in [0.4, 0.5) is 5.69 Å². The summed E-state index contributed by atoms with van der Waals surface area (Å²) in [4.78, 5) is 7.06. The Hall–Kier alpha value is -1.61. The molecular formula is C14H17N3. The second-order valence-corrected chi connectivity index (χ2v) is 4.96. The van der Waals surface area contributed by atoms with Crippen molar-refractivity contribution in [2.24, 2.45) is 0 Å². The third-order valence-corrected chi connectivity index (χ3v) is 3.53. The summed E-state index contributed by atoms with van der Waals surface area (Å²) in [5, 5.41) is 1.09. The molecule has 0 fully saturated rings. The van der Waals surface area contributed by atoms with Gasteiger partial charge in [0.05, 0.1) is 5.52 Å². The van der Waals surface area contributed by atoms with E-state index in [4.69, 9.17) is 10.7 Å². The molecule has 1 aromatic heterocycles. The molecule has 0 bridgehead atoms. The van der Waals surface area contributed by atoms with Gasteiger partial charge in [-0.2, -0.15) is 0 Å². The minimum atomic E-state index is 0.913. The molecule has 0 saturated heterocycles. The number of hydrogen-bond acceptors (Lipinski definition) is 3. The Bertz CT molecular complexity index is 590. The van der Waals surface area contributed by atoms with Crippen molar-refractivity contribution in [3.8, 4) is 0 Å². The van der Waals surface area contributed by atoms with Crippen LogP contribution in [0.2, 0.25) is 0 Å². The summed E-state index contributed by atoms with van der Waals surface area (Å²) >= 11 is 0. The Morgan fingerprint density at radius 1 is 1.35 bits per heavy atom. The molecule has 2 N–H and O–H groups in total. The number of likely N-dealkylation sites (N-methyl/N-ethyl adjacent to an activating group) is 1. The second-order valence-electron chi connectivity index (χ2n) is 4.96. The molecule has 3 heteroatoms. The van der Waals surface area contributed by atoms with Crippen LogP contribution in [-0.2, 0) is 13.0 Å². The van der Waals surface area contributed by atoms with Crippen molar-refractivity contribution in [3.05, 3.63) is 35.0 Å². The molecule has 0 radical (unpaired) electrons. The zero-order valence-corrected chi connectivity index (χ0v) is 10.3. The minimum absolute atomic E-state index is 0.913. The summed E-state index contributed by atoms with van der Waals surface area (Å²) in [7, 11) is 2.13. The molecule has 2 aromatic rings. The molecule has 2 heterocycles. The lowest BCUT2D eigenvalue weighted by molar-refractivity contribution is 0.311. The van der Waals surface area contributed by atoms with Gasteiger partial charge < -0.3 is 10.6 Å². The van der Waals surface area contributed by atoms with E-state index in [1.165, 1.54) is 16.8 Å². The molecule has 0 aliphatic carbocycles. The molecule has 1 aromatic carbocycles. The Kier molecular flexibility index (Phi) is 2.30. The highest BCUT2D eigenvalue weighted by Gasteiger charge is 2.18. The fourth-order valence-corrected chi connectivity index (χ4v) is 2.52.